The van der Waals surface area contributed by atoms with E-state index in [-0.39, 0.29) is 18.1 Å². The van der Waals surface area contributed by atoms with Crippen LogP contribution in [-0.2, 0) is 18.4 Å². The topological polar surface area (TPSA) is 163 Å². The molecule has 12 nitrogen and oxygen atoms in total. The summed E-state index contributed by atoms with van der Waals surface area (Å²) in [6.45, 7) is 7.07. The molecule has 12 heteroatoms. The van der Waals surface area contributed by atoms with Crippen molar-refractivity contribution in [2.45, 2.75) is 40.3 Å². The fourth-order valence-electron chi connectivity index (χ4n) is 3.68. The number of pyridine rings is 2. The van der Waals surface area contributed by atoms with Gasteiger partial charge in [-0.2, -0.15) is 0 Å². The maximum atomic E-state index is 13.1. The number of nitrogens with zero attached hydrogens (tertiary/aromatic N) is 5. The van der Waals surface area contributed by atoms with Crippen LogP contribution in [0.25, 0.3) is 11.3 Å². The first kappa shape index (κ1) is 25.4. The second kappa shape index (κ2) is 10.1. The number of nitrogens with two attached hydrogens (primary N) is 1. The van der Waals surface area contributed by atoms with Gasteiger partial charge in [-0.15, -0.1) is 0 Å². The van der Waals surface area contributed by atoms with E-state index in [0.717, 1.165) is 26.0 Å². The first-order valence-electron chi connectivity index (χ1n) is 11.5. The second-order valence-electron chi connectivity index (χ2n) is 8.81. The van der Waals surface area contributed by atoms with Gasteiger partial charge in [-0.3, -0.25) is 23.7 Å². The molecule has 4 aromatic heterocycles. The number of carbonyl (C=O) groups excluding carboxylic acids is 1. The zero-order valence-corrected chi connectivity index (χ0v) is 21.2. The molecule has 0 aliphatic carbocycles. The first-order chi connectivity index (χ1) is 17.5. The average molecular weight is 505 g/mol. The first-order valence-corrected chi connectivity index (χ1v) is 11.5. The quantitative estimate of drug-likeness (QED) is 0.341. The lowest BCUT2D eigenvalue weighted by atomic mass is 10.1. The Morgan fingerprint density at radius 1 is 1.19 bits per heavy atom. The van der Waals surface area contributed by atoms with Crippen LogP contribution in [0.5, 0.6) is 0 Å². The summed E-state index contributed by atoms with van der Waals surface area (Å²) in [6, 6.07) is 7.99. The largest absolute Gasteiger partial charge is 0.383 e. The maximum Gasteiger partial charge on any atom is 0.332 e. The van der Waals surface area contributed by atoms with Gasteiger partial charge in [0.25, 0.3) is 5.56 Å². The maximum absolute atomic E-state index is 13.1. The molecule has 0 aromatic carbocycles. The lowest BCUT2D eigenvalue weighted by molar-refractivity contribution is -0.116. The molecule has 0 bridgehead atoms. The van der Waals surface area contributed by atoms with Crippen molar-refractivity contribution in [1.82, 2.24) is 24.3 Å². The van der Waals surface area contributed by atoms with Crippen molar-refractivity contribution in [3.05, 3.63) is 80.1 Å². The molecular weight excluding hydrogens is 476 g/mol. The Balaban J connectivity index is 1.55. The molecule has 37 heavy (non-hydrogen) atoms. The van der Waals surface area contributed by atoms with E-state index in [1.54, 1.807) is 38.2 Å². The summed E-state index contributed by atoms with van der Waals surface area (Å²) in [4.78, 5) is 47.7. The molecule has 0 radical (unpaired) electrons. The fourth-order valence-corrected chi connectivity index (χ4v) is 3.68. The van der Waals surface area contributed by atoms with Crippen LogP contribution in [0.15, 0.2) is 50.6 Å². The number of amides is 1. The third kappa shape index (κ3) is 5.27. The summed E-state index contributed by atoms with van der Waals surface area (Å²) in [7, 11) is 1.44. The van der Waals surface area contributed by atoms with Crippen molar-refractivity contribution < 1.29 is 9.32 Å². The number of hydrogen-bond acceptors (Lipinski definition) is 9. The van der Waals surface area contributed by atoms with Crippen LogP contribution in [0, 0.1) is 20.8 Å². The zero-order valence-electron chi connectivity index (χ0n) is 21.2. The predicted molar refractivity (Wildman–Crippen MR) is 139 cm³/mol. The summed E-state index contributed by atoms with van der Waals surface area (Å²) < 4.78 is 7.13. The second-order valence-corrected chi connectivity index (χ2v) is 8.81. The van der Waals surface area contributed by atoms with Crippen LogP contribution in [0.2, 0.25) is 0 Å². The van der Waals surface area contributed by atoms with E-state index >= 15 is 0 Å². The van der Waals surface area contributed by atoms with Crippen LogP contribution < -0.4 is 27.6 Å². The predicted octanol–water partition coefficient (Wildman–Crippen LogP) is 1.99. The third-order valence-electron chi connectivity index (χ3n) is 5.98. The van der Waals surface area contributed by atoms with Gasteiger partial charge in [0.15, 0.2) is 0 Å². The number of anilines is 3. The Hall–Kier alpha value is -4.74. The molecule has 1 amide bonds. The number of carbonyl (C=O) groups is 1. The normalized spacial score (nSPS) is 11.8. The van der Waals surface area contributed by atoms with Gasteiger partial charge >= 0.3 is 5.69 Å². The van der Waals surface area contributed by atoms with E-state index in [1.165, 1.54) is 7.05 Å². The molecule has 4 aromatic rings. The minimum absolute atomic E-state index is 0.0760. The van der Waals surface area contributed by atoms with E-state index in [2.05, 4.69) is 25.8 Å². The molecular formula is C25H28N8O4. The molecule has 4 rings (SSSR count). The van der Waals surface area contributed by atoms with E-state index in [4.69, 9.17) is 10.3 Å². The highest BCUT2D eigenvalue weighted by Gasteiger charge is 2.21. The molecule has 4 heterocycles. The van der Waals surface area contributed by atoms with Crippen molar-refractivity contribution in [1.29, 1.82) is 0 Å². The van der Waals surface area contributed by atoms with Crippen molar-refractivity contribution in [2.24, 2.45) is 7.05 Å². The monoisotopic (exact) mass is 504 g/mol. The fraction of sp³-hybridized carbons (Fsp3) is 0.280. The lowest BCUT2D eigenvalue weighted by Gasteiger charge is -2.18. The van der Waals surface area contributed by atoms with Crippen molar-refractivity contribution in [3.8, 4) is 11.3 Å². The molecule has 0 aliphatic rings. The molecule has 0 fully saturated rings. The molecule has 0 saturated heterocycles. The van der Waals surface area contributed by atoms with Crippen molar-refractivity contribution in [3.63, 3.8) is 0 Å². The standard InChI is InChI=1S/C25H28N8O4/c1-13-9-17(11-27-15(13)3)19-7-6-8-20(29-19)30-23(34)16(4)28-21-22(26)32(5)25(36)33(24(21)35)12-18-10-14(2)37-31-18/h6-11,16,28H,12,26H2,1-5H3,(H,29,30,34)/t16-/m0/s1. The average Bonchev–Trinajstić information content (AvgIpc) is 3.29. The van der Waals surface area contributed by atoms with Gasteiger partial charge in [0, 0.05) is 30.6 Å². The lowest BCUT2D eigenvalue weighted by Crippen LogP contribution is -2.43. The third-order valence-corrected chi connectivity index (χ3v) is 5.98. The summed E-state index contributed by atoms with van der Waals surface area (Å²) in [5, 5.41) is 9.43. The number of aryl methyl sites for hydroxylation is 3. The number of aromatic nitrogens is 5. The van der Waals surface area contributed by atoms with Crippen LogP contribution in [-0.4, -0.2) is 36.2 Å². The summed E-state index contributed by atoms with van der Waals surface area (Å²) >= 11 is 0. The number of nitrogens with one attached hydrogen (secondary N) is 2. The highest BCUT2D eigenvalue weighted by atomic mass is 16.5. The number of rotatable bonds is 7. The Bertz CT molecular complexity index is 1600. The molecule has 0 saturated carbocycles. The van der Waals surface area contributed by atoms with Gasteiger partial charge in [0.2, 0.25) is 5.91 Å². The SMILES string of the molecule is Cc1cc(Cn2c(=O)c(N[C@@H](C)C(=O)Nc3cccc(-c4cnc(C)c(C)c4)n3)c(N)n(C)c2=O)no1. The van der Waals surface area contributed by atoms with Crippen LogP contribution in [0.3, 0.4) is 0 Å². The Kier molecular flexibility index (Phi) is 6.92. The van der Waals surface area contributed by atoms with Gasteiger partial charge in [0.1, 0.15) is 34.8 Å². The van der Waals surface area contributed by atoms with E-state index in [1.807, 2.05) is 26.0 Å². The highest BCUT2D eigenvalue weighted by molar-refractivity contribution is 5.96. The van der Waals surface area contributed by atoms with Crippen LogP contribution in [0.4, 0.5) is 17.3 Å². The van der Waals surface area contributed by atoms with Gasteiger partial charge in [-0.25, -0.2) is 9.78 Å². The molecule has 0 spiro atoms. The molecule has 0 unspecified atom stereocenters. The number of nitrogen functional groups attached to an aromatic ring is 1. The molecule has 192 valence electrons. The Labute approximate surface area is 212 Å². The molecule has 0 aliphatic heterocycles. The smallest absolute Gasteiger partial charge is 0.332 e. The minimum Gasteiger partial charge on any atom is -0.383 e. The van der Waals surface area contributed by atoms with Gasteiger partial charge in [0.05, 0.1) is 12.2 Å². The Morgan fingerprint density at radius 2 is 1.95 bits per heavy atom. The van der Waals surface area contributed by atoms with E-state index in [0.29, 0.717) is 23.0 Å². The summed E-state index contributed by atoms with van der Waals surface area (Å²) in [5.74, 6) is 0.339. The number of hydrogen-bond donors (Lipinski definition) is 3. The van der Waals surface area contributed by atoms with E-state index < -0.39 is 23.2 Å². The molecule has 1 atom stereocenters. The van der Waals surface area contributed by atoms with Crippen LogP contribution in [0.1, 0.15) is 29.6 Å². The summed E-state index contributed by atoms with van der Waals surface area (Å²) in [5.41, 5.74) is 8.54. The van der Waals surface area contributed by atoms with Crippen molar-refractivity contribution >= 4 is 23.2 Å². The highest BCUT2D eigenvalue weighted by Crippen LogP contribution is 2.20. The van der Waals surface area contributed by atoms with Gasteiger partial charge in [-0.1, -0.05) is 11.2 Å². The van der Waals surface area contributed by atoms with Gasteiger partial charge in [-0.05, 0) is 51.5 Å². The van der Waals surface area contributed by atoms with Gasteiger partial charge < -0.3 is 20.9 Å². The summed E-state index contributed by atoms with van der Waals surface area (Å²) in [6.07, 6.45) is 1.73. The van der Waals surface area contributed by atoms with Crippen LogP contribution >= 0.6 is 0 Å². The zero-order chi connectivity index (χ0) is 26.9. The van der Waals surface area contributed by atoms with Crippen molar-refractivity contribution in [2.75, 3.05) is 16.4 Å². The Morgan fingerprint density at radius 3 is 2.62 bits per heavy atom. The van der Waals surface area contributed by atoms with E-state index in [9.17, 15) is 14.4 Å². The minimum atomic E-state index is -0.885. The molecule has 4 N–H and O–H groups in total.